The van der Waals surface area contributed by atoms with E-state index >= 15 is 0 Å². The summed E-state index contributed by atoms with van der Waals surface area (Å²) in [6.07, 6.45) is 1.79. The highest BCUT2D eigenvalue weighted by Crippen LogP contribution is 2.40. The standard InChI is InChI=1S/C31H25NO2S/c1-5-32-22(15-27-26(32)16-28(35-27)29-18(3)10-17(2)11-19(29)4)14-25-30(33)23-12-20-8-6-7-9-21(20)13-24(23)31(25)34/h6-16H,5H2,1-4H3. The van der Waals surface area contributed by atoms with Crippen molar-refractivity contribution in [2.45, 2.75) is 34.2 Å². The molecule has 0 radical (unpaired) electrons. The Bertz CT molecular complexity index is 1670. The van der Waals surface area contributed by atoms with Crippen LogP contribution in [0.3, 0.4) is 0 Å². The Morgan fingerprint density at radius 2 is 1.43 bits per heavy atom. The molecule has 0 bridgehead atoms. The average molecular weight is 476 g/mol. The summed E-state index contributed by atoms with van der Waals surface area (Å²) in [5, 5.41) is 1.95. The Balaban J connectivity index is 1.45. The molecule has 172 valence electrons. The predicted molar refractivity (Wildman–Crippen MR) is 146 cm³/mol. The number of allylic oxidation sites excluding steroid dienone is 1. The van der Waals surface area contributed by atoms with Crippen LogP contribution in [0.2, 0.25) is 0 Å². The summed E-state index contributed by atoms with van der Waals surface area (Å²) in [5.74, 6) is -0.371. The molecule has 0 fully saturated rings. The number of nitrogens with zero attached hydrogens (tertiary/aromatic N) is 1. The monoisotopic (exact) mass is 475 g/mol. The minimum Gasteiger partial charge on any atom is -0.341 e. The number of aryl methyl sites for hydroxylation is 4. The molecule has 0 saturated carbocycles. The lowest BCUT2D eigenvalue weighted by Crippen LogP contribution is -2.03. The van der Waals surface area contributed by atoms with E-state index in [9.17, 15) is 9.59 Å². The number of carbonyl (C=O) groups excluding carboxylic acids is 2. The van der Waals surface area contributed by atoms with Crippen LogP contribution in [-0.2, 0) is 6.54 Å². The largest absolute Gasteiger partial charge is 0.341 e. The van der Waals surface area contributed by atoms with Gasteiger partial charge in [0.1, 0.15) is 0 Å². The highest BCUT2D eigenvalue weighted by Gasteiger charge is 2.33. The van der Waals surface area contributed by atoms with Crippen LogP contribution >= 0.6 is 11.3 Å². The second kappa shape index (κ2) is 7.89. The van der Waals surface area contributed by atoms with Crippen molar-refractivity contribution in [2.75, 3.05) is 0 Å². The molecule has 2 aromatic heterocycles. The van der Waals surface area contributed by atoms with Crippen LogP contribution < -0.4 is 0 Å². The molecule has 0 N–H and O–H groups in total. The van der Waals surface area contributed by atoms with E-state index < -0.39 is 0 Å². The molecule has 0 amide bonds. The molecule has 5 aromatic rings. The second-order valence-corrected chi connectivity index (χ2v) is 10.5. The maximum atomic E-state index is 13.3. The molecule has 4 heteroatoms. The molecular weight excluding hydrogens is 450 g/mol. The molecule has 3 nitrogen and oxygen atoms in total. The molecule has 1 aliphatic carbocycles. The van der Waals surface area contributed by atoms with E-state index in [0.717, 1.165) is 33.2 Å². The van der Waals surface area contributed by atoms with Crippen LogP contribution in [0.5, 0.6) is 0 Å². The highest BCUT2D eigenvalue weighted by atomic mass is 32.1. The van der Waals surface area contributed by atoms with E-state index in [2.05, 4.69) is 56.5 Å². The first-order valence-electron chi connectivity index (χ1n) is 11.9. The van der Waals surface area contributed by atoms with Crippen molar-refractivity contribution in [1.29, 1.82) is 0 Å². The summed E-state index contributed by atoms with van der Waals surface area (Å²) in [6, 6.07) is 20.4. The number of ketones is 2. The molecular formula is C31H25NO2S. The summed E-state index contributed by atoms with van der Waals surface area (Å²) in [4.78, 5) is 27.8. The van der Waals surface area contributed by atoms with Crippen LogP contribution in [0, 0.1) is 20.8 Å². The van der Waals surface area contributed by atoms with Gasteiger partial charge in [-0.3, -0.25) is 9.59 Å². The number of carbonyl (C=O) groups is 2. The fraction of sp³-hybridized carbons (Fsp3) is 0.161. The SMILES string of the molecule is CCn1c(C=C2C(=O)c3cc4ccccc4cc3C2=O)cc2sc(-c3c(C)cc(C)cc3C)cc21. The number of hydrogen-bond donors (Lipinski definition) is 0. The Labute approximate surface area is 208 Å². The molecule has 0 saturated heterocycles. The highest BCUT2D eigenvalue weighted by molar-refractivity contribution is 7.22. The Morgan fingerprint density at radius 1 is 0.829 bits per heavy atom. The molecule has 1 aliphatic rings. The summed E-state index contributed by atoms with van der Waals surface area (Å²) in [7, 11) is 0. The number of thiophene rings is 1. The fourth-order valence-electron chi connectivity index (χ4n) is 5.51. The number of Topliss-reactive ketones (excluding diaryl/α,β-unsaturated/α-hetero) is 2. The molecule has 0 aliphatic heterocycles. The average Bonchev–Trinajstić information content (AvgIpc) is 3.43. The normalized spacial score (nSPS) is 13.3. The zero-order valence-electron chi connectivity index (χ0n) is 20.2. The maximum Gasteiger partial charge on any atom is 0.197 e. The van der Waals surface area contributed by atoms with Gasteiger partial charge in [0.2, 0.25) is 0 Å². The molecule has 6 rings (SSSR count). The lowest BCUT2D eigenvalue weighted by molar-refractivity contribution is 0.0990. The molecule has 0 unspecified atom stereocenters. The van der Waals surface area contributed by atoms with Crippen LogP contribution in [0.4, 0.5) is 0 Å². The minimum absolute atomic E-state index is 0.186. The van der Waals surface area contributed by atoms with Crippen molar-refractivity contribution in [1.82, 2.24) is 4.57 Å². The fourth-order valence-corrected chi connectivity index (χ4v) is 6.80. The van der Waals surface area contributed by atoms with Crippen LogP contribution in [0.25, 0.3) is 37.5 Å². The molecule has 2 heterocycles. The first-order valence-corrected chi connectivity index (χ1v) is 12.7. The van der Waals surface area contributed by atoms with E-state index in [0.29, 0.717) is 11.1 Å². The Morgan fingerprint density at radius 3 is 2.00 bits per heavy atom. The lowest BCUT2D eigenvalue weighted by atomic mass is 9.99. The van der Waals surface area contributed by atoms with E-state index in [4.69, 9.17) is 0 Å². The van der Waals surface area contributed by atoms with Crippen molar-refractivity contribution >= 4 is 50.0 Å². The second-order valence-electron chi connectivity index (χ2n) is 9.41. The quantitative estimate of drug-likeness (QED) is 0.196. The van der Waals surface area contributed by atoms with Crippen LogP contribution in [0.15, 0.2) is 66.2 Å². The summed E-state index contributed by atoms with van der Waals surface area (Å²) >= 11 is 1.76. The van der Waals surface area contributed by atoms with Gasteiger partial charge < -0.3 is 4.57 Å². The van der Waals surface area contributed by atoms with Gasteiger partial charge >= 0.3 is 0 Å². The van der Waals surface area contributed by atoms with Gasteiger partial charge in [0.05, 0.1) is 15.8 Å². The molecule has 0 spiro atoms. The maximum absolute atomic E-state index is 13.3. The van der Waals surface area contributed by atoms with Crippen molar-refractivity contribution in [3.05, 3.63) is 99.7 Å². The summed E-state index contributed by atoms with van der Waals surface area (Å²) in [5.41, 5.74) is 8.42. The zero-order valence-corrected chi connectivity index (χ0v) is 21.0. The number of aromatic nitrogens is 1. The minimum atomic E-state index is -0.186. The zero-order chi connectivity index (χ0) is 24.4. The summed E-state index contributed by atoms with van der Waals surface area (Å²) < 4.78 is 3.36. The van der Waals surface area contributed by atoms with Gasteiger partial charge in [-0.15, -0.1) is 11.3 Å². The van der Waals surface area contributed by atoms with Gasteiger partial charge in [-0.25, -0.2) is 0 Å². The number of benzene rings is 3. The van der Waals surface area contributed by atoms with Crippen molar-refractivity contribution in [3.63, 3.8) is 0 Å². The smallest absolute Gasteiger partial charge is 0.197 e. The van der Waals surface area contributed by atoms with Gasteiger partial charge in [0.25, 0.3) is 0 Å². The van der Waals surface area contributed by atoms with E-state index in [1.165, 1.54) is 27.1 Å². The van der Waals surface area contributed by atoms with Crippen molar-refractivity contribution < 1.29 is 9.59 Å². The van der Waals surface area contributed by atoms with Crippen LogP contribution in [0.1, 0.15) is 50.0 Å². The molecule has 3 aromatic carbocycles. The van der Waals surface area contributed by atoms with Gasteiger partial charge in [-0.2, -0.15) is 0 Å². The first kappa shape index (κ1) is 21.8. The topological polar surface area (TPSA) is 39.1 Å². The number of rotatable bonds is 3. The first-order chi connectivity index (χ1) is 16.9. The number of fused-ring (bicyclic) bond motifs is 3. The van der Waals surface area contributed by atoms with Crippen molar-refractivity contribution in [2.24, 2.45) is 0 Å². The van der Waals surface area contributed by atoms with Crippen LogP contribution in [-0.4, -0.2) is 16.1 Å². The third-order valence-electron chi connectivity index (χ3n) is 7.02. The third kappa shape index (κ3) is 3.32. The van der Waals surface area contributed by atoms with E-state index in [1.807, 2.05) is 36.4 Å². The van der Waals surface area contributed by atoms with Gasteiger partial charge in [0.15, 0.2) is 11.6 Å². The van der Waals surface area contributed by atoms with Gasteiger partial charge in [-0.05, 0) is 85.5 Å². The number of hydrogen-bond acceptors (Lipinski definition) is 3. The Hall–Kier alpha value is -3.76. The van der Waals surface area contributed by atoms with E-state index in [1.54, 1.807) is 17.4 Å². The lowest BCUT2D eigenvalue weighted by Gasteiger charge is -2.09. The molecule has 0 atom stereocenters. The van der Waals surface area contributed by atoms with Crippen molar-refractivity contribution in [3.8, 4) is 10.4 Å². The summed E-state index contributed by atoms with van der Waals surface area (Å²) in [6.45, 7) is 9.32. The van der Waals surface area contributed by atoms with E-state index in [-0.39, 0.29) is 17.1 Å². The predicted octanol–water partition coefficient (Wildman–Crippen LogP) is 7.93. The Kier molecular flexibility index (Phi) is 4.90. The third-order valence-corrected chi connectivity index (χ3v) is 8.11. The van der Waals surface area contributed by atoms with Gasteiger partial charge in [-0.1, -0.05) is 42.0 Å². The molecule has 35 heavy (non-hydrogen) atoms. The van der Waals surface area contributed by atoms with Gasteiger partial charge in [0, 0.05) is 28.2 Å².